The fourth-order valence-corrected chi connectivity index (χ4v) is 6.06. The fourth-order valence-electron chi connectivity index (χ4n) is 6.06. The lowest BCUT2D eigenvalue weighted by atomic mass is 9.82. The van der Waals surface area contributed by atoms with E-state index in [1.165, 1.54) is 18.8 Å². The molecule has 2 N–H and O–H groups in total. The highest BCUT2D eigenvalue weighted by Gasteiger charge is 2.52. The molecule has 0 saturated heterocycles. The van der Waals surface area contributed by atoms with Crippen LogP contribution in [0.25, 0.3) is 5.69 Å². The van der Waals surface area contributed by atoms with Crippen LogP contribution in [-0.4, -0.2) is 69.0 Å². The Labute approximate surface area is 278 Å². The summed E-state index contributed by atoms with van der Waals surface area (Å²) in [6.07, 6.45) is 8.95. The number of hydrogen-bond donors (Lipinski definition) is 2. The van der Waals surface area contributed by atoms with Crippen LogP contribution in [0.4, 0.5) is 5.69 Å². The molecule has 0 aliphatic carbocycles. The Morgan fingerprint density at radius 2 is 1.83 bits per heavy atom. The molecule has 3 heterocycles. The van der Waals surface area contributed by atoms with Gasteiger partial charge in [0, 0.05) is 49.1 Å². The summed E-state index contributed by atoms with van der Waals surface area (Å²) in [5, 5.41) is 30.7. The van der Waals surface area contributed by atoms with Crippen LogP contribution >= 0.6 is 0 Å². The smallest absolute Gasteiger partial charge is 0.305 e. The number of aryl methyl sites for hydroxylation is 1. The number of aliphatic hydroxyl groups is 2. The molecule has 4 aromatic rings. The normalized spacial score (nSPS) is 17.0. The van der Waals surface area contributed by atoms with E-state index < -0.39 is 17.4 Å². The van der Waals surface area contributed by atoms with Gasteiger partial charge in [0.15, 0.2) is 11.4 Å². The third-order valence-electron chi connectivity index (χ3n) is 8.81. The van der Waals surface area contributed by atoms with Crippen molar-refractivity contribution in [1.82, 2.24) is 19.6 Å². The molecule has 2 aromatic heterocycles. The van der Waals surface area contributed by atoms with Crippen LogP contribution in [0.5, 0.6) is 5.75 Å². The van der Waals surface area contributed by atoms with Crippen LogP contribution in [0.2, 0.25) is 0 Å². The Kier molecular flexibility index (Phi) is 10.9. The summed E-state index contributed by atoms with van der Waals surface area (Å²) in [7, 11) is 2.76. The first-order valence-electron chi connectivity index (χ1n) is 16.0. The molecule has 1 aliphatic heterocycles. The van der Waals surface area contributed by atoms with Crippen molar-refractivity contribution in [3.63, 3.8) is 0 Å². The number of anilines is 1. The number of aromatic nitrogens is 4. The molecule has 0 radical (unpaired) electrons. The molecule has 5 rings (SSSR count). The summed E-state index contributed by atoms with van der Waals surface area (Å²) in [6, 6.07) is 18.0. The molecule has 1 unspecified atom stereocenters. The number of benzene rings is 2. The fraction of sp³-hybridized carbons (Fsp3) is 0.361. The van der Waals surface area contributed by atoms with E-state index in [1.54, 1.807) is 53.0 Å². The Balaban J connectivity index is 1.36. The molecule has 48 heavy (non-hydrogen) atoms. The number of fused-ring (bicyclic) bond motifs is 1. The van der Waals surface area contributed by atoms with Crippen LogP contribution in [-0.2, 0) is 26.5 Å². The molecule has 0 saturated carbocycles. The van der Waals surface area contributed by atoms with E-state index in [0.717, 1.165) is 5.56 Å². The Bertz CT molecular complexity index is 1820. The van der Waals surface area contributed by atoms with E-state index in [4.69, 9.17) is 9.47 Å². The van der Waals surface area contributed by atoms with Crippen LogP contribution < -0.4 is 15.2 Å². The molecule has 3 atom stereocenters. The number of pyridine rings is 1. The molecule has 12 heteroatoms. The van der Waals surface area contributed by atoms with Crippen molar-refractivity contribution in [3.8, 4) is 11.4 Å². The van der Waals surface area contributed by atoms with Gasteiger partial charge in [-0.25, -0.2) is 0 Å². The second-order valence-corrected chi connectivity index (χ2v) is 11.8. The van der Waals surface area contributed by atoms with Crippen molar-refractivity contribution in [2.75, 3.05) is 32.3 Å². The third kappa shape index (κ3) is 6.95. The number of ether oxygens (including phenoxy) is 2. The van der Waals surface area contributed by atoms with Gasteiger partial charge in [-0.3, -0.25) is 23.6 Å². The van der Waals surface area contributed by atoms with E-state index in [-0.39, 0.29) is 36.2 Å². The first-order chi connectivity index (χ1) is 23.2. The molecular weight excluding hydrogens is 614 g/mol. The van der Waals surface area contributed by atoms with E-state index in [1.807, 2.05) is 48.7 Å². The number of unbranched alkanes of at least 4 members (excludes halogenated alkanes) is 1. The largest absolute Gasteiger partial charge is 0.491 e. The number of esters is 1. The maximum atomic E-state index is 14.0. The third-order valence-corrected chi connectivity index (χ3v) is 8.81. The second-order valence-electron chi connectivity index (χ2n) is 11.8. The molecule has 0 fully saturated rings. The number of methoxy groups -OCH3 is 2. The number of aliphatic hydroxyl groups excluding tert-OH is 1. The van der Waals surface area contributed by atoms with E-state index in [2.05, 4.69) is 10.3 Å². The molecular formula is C36H41N5O7. The number of amides is 1. The standard InChI is InChI=1S/C36H41N5O7/c1-25(12-7-9-19-39-23-30(37-38-39)28(24-42)26-13-5-4-6-14-26)36(46)29-22-27(40-21-11-15-32(47-2)34(40)44)17-18-31(29)41(35(36)45)20-10-8-16-33(43)48-3/h4-7,11-15,17-18,21-23,25,28,42,46H,8-10,16,19-20,24H2,1-3H3/b12-7+/t25-,28?,36+/m0/s1. The van der Waals surface area contributed by atoms with Crippen molar-refractivity contribution in [1.29, 1.82) is 0 Å². The van der Waals surface area contributed by atoms with Gasteiger partial charge >= 0.3 is 5.97 Å². The lowest BCUT2D eigenvalue weighted by molar-refractivity contribution is -0.140. The summed E-state index contributed by atoms with van der Waals surface area (Å²) in [5.41, 5.74) is 0.761. The molecule has 1 aliphatic rings. The monoisotopic (exact) mass is 655 g/mol. The quantitative estimate of drug-likeness (QED) is 0.111. The van der Waals surface area contributed by atoms with Crippen molar-refractivity contribution in [3.05, 3.63) is 112 Å². The summed E-state index contributed by atoms with van der Waals surface area (Å²) in [4.78, 5) is 40.2. The summed E-state index contributed by atoms with van der Waals surface area (Å²) in [5.74, 6) is -1.54. The Morgan fingerprint density at radius 1 is 1.04 bits per heavy atom. The van der Waals surface area contributed by atoms with Gasteiger partial charge in [0.1, 0.15) is 0 Å². The van der Waals surface area contributed by atoms with Gasteiger partial charge in [0.05, 0.1) is 38.1 Å². The summed E-state index contributed by atoms with van der Waals surface area (Å²) < 4.78 is 13.1. The maximum Gasteiger partial charge on any atom is 0.305 e. The summed E-state index contributed by atoms with van der Waals surface area (Å²) >= 11 is 0. The van der Waals surface area contributed by atoms with Crippen LogP contribution in [0.3, 0.4) is 0 Å². The van der Waals surface area contributed by atoms with Gasteiger partial charge in [0.25, 0.3) is 11.5 Å². The molecule has 12 nitrogen and oxygen atoms in total. The average molecular weight is 656 g/mol. The molecule has 1 amide bonds. The zero-order chi connectivity index (χ0) is 34.3. The first-order valence-corrected chi connectivity index (χ1v) is 16.0. The van der Waals surface area contributed by atoms with Gasteiger partial charge < -0.3 is 24.6 Å². The van der Waals surface area contributed by atoms with E-state index in [0.29, 0.717) is 55.0 Å². The average Bonchev–Trinajstić information content (AvgIpc) is 3.66. The lowest BCUT2D eigenvalue weighted by Gasteiger charge is -2.28. The minimum Gasteiger partial charge on any atom is -0.491 e. The highest BCUT2D eigenvalue weighted by molar-refractivity contribution is 6.07. The number of rotatable bonds is 15. The van der Waals surface area contributed by atoms with Crippen molar-refractivity contribution in [2.45, 2.75) is 50.7 Å². The predicted octanol–water partition coefficient (Wildman–Crippen LogP) is 3.72. The highest BCUT2D eigenvalue weighted by atomic mass is 16.5. The first kappa shape index (κ1) is 34.3. The SMILES string of the molecule is COC(=O)CCCCN1C(=O)[C@@](O)([C@@H](C)/C=C/CCn2cc(C(CO)c3ccccc3)nn2)c2cc(-n3cccc(OC)c3=O)ccc21. The predicted molar refractivity (Wildman–Crippen MR) is 179 cm³/mol. The van der Waals surface area contributed by atoms with Crippen LogP contribution in [0, 0.1) is 5.92 Å². The number of carbonyl (C=O) groups excluding carboxylic acids is 2. The Hall–Kier alpha value is -5.07. The van der Waals surface area contributed by atoms with Gasteiger partial charge in [-0.2, -0.15) is 0 Å². The van der Waals surface area contributed by atoms with Crippen LogP contribution in [0.15, 0.2) is 90.0 Å². The van der Waals surface area contributed by atoms with Crippen molar-refractivity contribution < 1.29 is 29.3 Å². The topological polar surface area (TPSA) is 149 Å². The number of hydrogen-bond acceptors (Lipinski definition) is 9. The van der Waals surface area contributed by atoms with Gasteiger partial charge in [-0.1, -0.05) is 54.6 Å². The number of carbonyl (C=O) groups is 2. The molecule has 0 spiro atoms. The highest BCUT2D eigenvalue weighted by Crippen LogP contribution is 2.46. The van der Waals surface area contributed by atoms with Crippen LogP contribution in [0.1, 0.15) is 55.3 Å². The minimum absolute atomic E-state index is 0.0926. The van der Waals surface area contributed by atoms with Gasteiger partial charge in [-0.15, -0.1) is 5.10 Å². The number of nitrogens with zero attached hydrogens (tertiary/aromatic N) is 5. The Morgan fingerprint density at radius 3 is 2.56 bits per heavy atom. The molecule has 2 aromatic carbocycles. The van der Waals surface area contributed by atoms with Gasteiger partial charge in [0.2, 0.25) is 0 Å². The maximum absolute atomic E-state index is 14.0. The molecule has 252 valence electrons. The van der Waals surface area contributed by atoms with Gasteiger partial charge in [-0.05, 0) is 55.2 Å². The lowest BCUT2D eigenvalue weighted by Crippen LogP contribution is -2.44. The van der Waals surface area contributed by atoms with E-state index >= 15 is 0 Å². The number of allylic oxidation sites excluding steroid dienone is 1. The molecule has 0 bridgehead atoms. The minimum atomic E-state index is -1.91. The van der Waals surface area contributed by atoms with Crippen molar-refractivity contribution >= 4 is 17.6 Å². The van der Waals surface area contributed by atoms with Crippen molar-refractivity contribution in [2.24, 2.45) is 5.92 Å². The van der Waals surface area contributed by atoms with E-state index in [9.17, 15) is 24.6 Å². The zero-order valence-corrected chi connectivity index (χ0v) is 27.4. The second kappa shape index (κ2) is 15.2. The zero-order valence-electron chi connectivity index (χ0n) is 27.4. The summed E-state index contributed by atoms with van der Waals surface area (Å²) in [6.45, 7) is 2.49.